The van der Waals surface area contributed by atoms with Crippen LogP contribution in [0.4, 0.5) is 8.78 Å². The van der Waals surface area contributed by atoms with Crippen LogP contribution in [-0.2, 0) is 6.54 Å². The van der Waals surface area contributed by atoms with Gasteiger partial charge in [-0.2, -0.15) is 0 Å². The molecular formula is C10H13F2NO4. The molecule has 0 spiro atoms. The van der Waals surface area contributed by atoms with Gasteiger partial charge in [0.15, 0.2) is 5.75 Å². The Balaban J connectivity index is 2.71. The third-order valence-corrected chi connectivity index (χ3v) is 2.06. The zero-order valence-electron chi connectivity index (χ0n) is 8.97. The zero-order valence-corrected chi connectivity index (χ0v) is 8.97. The summed E-state index contributed by atoms with van der Waals surface area (Å²) in [5.74, 6) is -0.377. The van der Waals surface area contributed by atoms with E-state index in [9.17, 15) is 13.6 Å². The summed E-state index contributed by atoms with van der Waals surface area (Å²) < 4.78 is 29.3. The van der Waals surface area contributed by atoms with E-state index < -0.39 is 24.1 Å². The van der Waals surface area contributed by atoms with Crippen LogP contribution in [0.1, 0.15) is 5.76 Å². The lowest BCUT2D eigenvalue weighted by Crippen LogP contribution is -2.31. The summed E-state index contributed by atoms with van der Waals surface area (Å²) in [5.41, 5.74) is -0.632. The second kappa shape index (κ2) is 6.31. The van der Waals surface area contributed by atoms with Crippen LogP contribution in [0.3, 0.4) is 0 Å². The van der Waals surface area contributed by atoms with Crippen LogP contribution >= 0.6 is 0 Å². The van der Waals surface area contributed by atoms with Crippen molar-refractivity contribution >= 4 is 0 Å². The van der Waals surface area contributed by atoms with E-state index in [0.717, 1.165) is 12.3 Å². The lowest BCUT2D eigenvalue weighted by Gasteiger charge is -2.19. The molecule has 96 valence electrons. The van der Waals surface area contributed by atoms with Gasteiger partial charge in [0.2, 0.25) is 5.43 Å². The van der Waals surface area contributed by atoms with Gasteiger partial charge >= 0.3 is 0 Å². The van der Waals surface area contributed by atoms with Gasteiger partial charge < -0.3 is 14.6 Å². The smallest absolute Gasteiger partial charge is 0.251 e. The van der Waals surface area contributed by atoms with E-state index in [4.69, 9.17) is 14.6 Å². The fourth-order valence-corrected chi connectivity index (χ4v) is 1.32. The summed E-state index contributed by atoms with van der Waals surface area (Å²) in [7, 11) is 0. The maximum atomic E-state index is 12.2. The summed E-state index contributed by atoms with van der Waals surface area (Å²) >= 11 is 0. The van der Waals surface area contributed by atoms with E-state index in [1.807, 2.05) is 0 Å². The molecule has 0 radical (unpaired) electrons. The van der Waals surface area contributed by atoms with E-state index in [2.05, 4.69) is 0 Å². The van der Waals surface area contributed by atoms with Gasteiger partial charge in [-0.15, -0.1) is 0 Å². The Labute approximate surface area is 95.9 Å². The van der Waals surface area contributed by atoms with Crippen molar-refractivity contribution in [3.05, 3.63) is 28.3 Å². The van der Waals surface area contributed by atoms with Crippen LogP contribution in [0.2, 0.25) is 0 Å². The van der Waals surface area contributed by atoms with Gasteiger partial charge in [-0.05, 0) is 0 Å². The molecule has 0 amide bonds. The van der Waals surface area contributed by atoms with E-state index in [1.54, 1.807) is 0 Å². The van der Waals surface area contributed by atoms with Crippen LogP contribution < -0.4 is 5.43 Å². The standard InChI is InChI=1S/C10H13F2NO4/c11-10(12)5-13(1-2-14)4-7-3-8(15)9(16)6-17-7/h3,6,10,14,16H,1-2,4-5H2. The van der Waals surface area contributed by atoms with Gasteiger partial charge in [-0.25, -0.2) is 8.78 Å². The lowest BCUT2D eigenvalue weighted by atomic mass is 10.3. The van der Waals surface area contributed by atoms with Gasteiger partial charge in [-0.1, -0.05) is 0 Å². The normalized spacial score (nSPS) is 11.4. The first-order valence-corrected chi connectivity index (χ1v) is 4.95. The summed E-state index contributed by atoms with van der Waals surface area (Å²) in [6.07, 6.45) is -1.68. The number of halogens is 2. The number of alkyl halides is 2. The first-order chi connectivity index (χ1) is 8.02. The average molecular weight is 249 g/mol. The molecule has 0 saturated heterocycles. The lowest BCUT2D eigenvalue weighted by molar-refractivity contribution is 0.0708. The molecule has 17 heavy (non-hydrogen) atoms. The summed E-state index contributed by atoms with van der Waals surface area (Å²) in [6, 6.07) is 1.03. The molecule has 0 aliphatic rings. The quantitative estimate of drug-likeness (QED) is 0.763. The number of hydrogen-bond acceptors (Lipinski definition) is 5. The van der Waals surface area contributed by atoms with Crippen molar-refractivity contribution in [2.45, 2.75) is 13.0 Å². The predicted molar refractivity (Wildman–Crippen MR) is 55.0 cm³/mol. The molecular weight excluding hydrogens is 236 g/mol. The minimum atomic E-state index is -2.54. The van der Waals surface area contributed by atoms with E-state index in [0.29, 0.717) is 0 Å². The monoisotopic (exact) mass is 249 g/mol. The molecule has 2 N–H and O–H groups in total. The maximum absolute atomic E-state index is 12.2. The van der Waals surface area contributed by atoms with E-state index in [1.165, 1.54) is 4.90 Å². The Morgan fingerprint density at radius 3 is 2.71 bits per heavy atom. The molecule has 0 aromatic carbocycles. The van der Waals surface area contributed by atoms with Gasteiger partial charge in [-0.3, -0.25) is 9.69 Å². The van der Waals surface area contributed by atoms with Crippen LogP contribution in [0.15, 0.2) is 21.5 Å². The number of aromatic hydroxyl groups is 1. The molecule has 0 bridgehead atoms. The van der Waals surface area contributed by atoms with Crippen molar-refractivity contribution in [1.29, 1.82) is 0 Å². The second-order valence-electron chi connectivity index (χ2n) is 3.45. The topological polar surface area (TPSA) is 73.9 Å². The molecule has 0 fully saturated rings. The molecule has 1 rings (SSSR count). The molecule has 1 aromatic heterocycles. The highest BCUT2D eigenvalue weighted by Gasteiger charge is 2.13. The number of aliphatic hydroxyl groups excluding tert-OH is 1. The third-order valence-electron chi connectivity index (χ3n) is 2.06. The average Bonchev–Trinajstić information content (AvgIpc) is 2.23. The van der Waals surface area contributed by atoms with Crippen molar-refractivity contribution in [3.8, 4) is 5.75 Å². The van der Waals surface area contributed by atoms with Gasteiger partial charge in [0.05, 0.1) is 19.7 Å². The molecule has 0 atom stereocenters. The second-order valence-corrected chi connectivity index (χ2v) is 3.45. The van der Waals surface area contributed by atoms with E-state index >= 15 is 0 Å². The molecule has 1 aromatic rings. The third kappa shape index (κ3) is 4.49. The Morgan fingerprint density at radius 1 is 1.47 bits per heavy atom. The van der Waals surface area contributed by atoms with Gasteiger partial charge in [0, 0.05) is 12.6 Å². The van der Waals surface area contributed by atoms with Crippen molar-refractivity contribution in [3.63, 3.8) is 0 Å². The van der Waals surface area contributed by atoms with Gasteiger partial charge in [0.25, 0.3) is 6.43 Å². The first-order valence-electron chi connectivity index (χ1n) is 4.95. The Hall–Kier alpha value is -1.47. The Morgan fingerprint density at radius 2 is 2.18 bits per heavy atom. The first kappa shape index (κ1) is 13.6. The fourth-order valence-electron chi connectivity index (χ4n) is 1.32. The SMILES string of the molecule is O=c1cc(CN(CCO)CC(F)F)occ1O. The highest BCUT2D eigenvalue weighted by Crippen LogP contribution is 2.08. The fraction of sp³-hybridized carbons (Fsp3) is 0.500. The summed E-state index contributed by atoms with van der Waals surface area (Å²) in [4.78, 5) is 12.3. The highest BCUT2D eigenvalue weighted by atomic mass is 19.3. The Bertz CT molecular complexity index is 408. The van der Waals surface area contributed by atoms with Crippen LogP contribution in [0, 0.1) is 0 Å². The van der Waals surface area contributed by atoms with Crippen LogP contribution in [0.5, 0.6) is 5.75 Å². The van der Waals surface area contributed by atoms with Crippen LogP contribution in [0.25, 0.3) is 0 Å². The number of nitrogens with zero attached hydrogens (tertiary/aromatic N) is 1. The number of aliphatic hydroxyl groups is 1. The Kier molecular flexibility index (Phi) is 5.05. The number of rotatable bonds is 6. The molecule has 1 heterocycles. The van der Waals surface area contributed by atoms with Crippen molar-refractivity contribution < 1.29 is 23.4 Å². The molecule has 7 heteroatoms. The summed E-state index contributed by atoms with van der Waals surface area (Å²) in [6.45, 7) is -0.768. The predicted octanol–water partition coefficient (Wildman–Crippen LogP) is 0.405. The molecule has 0 aliphatic heterocycles. The molecule has 0 aliphatic carbocycles. The van der Waals surface area contributed by atoms with E-state index in [-0.39, 0.29) is 25.5 Å². The largest absolute Gasteiger partial charge is 0.502 e. The van der Waals surface area contributed by atoms with Crippen molar-refractivity contribution in [1.82, 2.24) is 4.90 Å². The van der Waals surface area contributed by atoms with Crippen LogP contribution in [-0.4, -0.2) is 41.2 Å². The van der Waals surface area contributed by atoms with Gasteiger partial charge in [0.1, 0.15) is 12.0 Å². The van der Waals surface area contributed by atoms with Crippen molar-refractivity contribution in [2.24, 2.45) is 0 Å². The minimum absolute atomic E-state index is 0.0274. The zero-order chi connectivity index (χ0) is 12.8. The number of hydrogen-bond donors (Lipinski definition) is 2. The molecule has 0 saturated carbocycles. The van der Waals surface area contributed by atoms with Crippen molar-refractivity contribution in [2.75, 3.05) is 19.7 Å². The maximum Gasteiger partial charge on any atom is 0.251 e. The molecule has 5 nitrogen and oxygen atoms in total. The highest BCUT2D eigenvalue weighted by molar-refractivity contribution is 5.15. The summed E-state index contributed by atoms with van der Waals surface area (Å²) in [5, 5.41) is 17.7. The molecule has 0 unspecified atom stereocenters. The minimum Gasteiger partial charge on any atom is -0.502 e.